The van der Waals surface area contributed by atoms with Gasteiger partial charge in [0, 0.05) is 11.6 Å². The Balaban J connectivity index is 1.50. The van der Waals surface area contributed by atoms with Crippen LogP contribution in [0.15, 0.2) is 42.5 Å². The first-order valence-electron chi connectivity index (χ1n) is 8.98. The average molecular weight is 404 g/mol. The van der Waals surface area contributed by atoms with Crippen LogP contribution in [-0.2, 0) is 27.3 Å². The molecule has 2 atom stereocenters. The molecule has 0 unspecified atom stereocenters. The van der Waals surface area contributed by atoms with Crippen molar-refractivity contribution in [2.24, 2.45) is 5.92 Å². The van der Waals surface area contributed by atoms with Gasteiger partial charge in [-0.05, 0) is 54.8 Å². The SMILES string of the molecule is COc1ccc(CNC(=O)[C@H](C)OC(=O)[C@H]2COc3ccc(Cl)cc3C2)cc1. The Kier molecular flexibility index (Phi) is 6.41. The molecule has 0 spiro atoms. The highest BCUT2D eigenvalue weighted by atomic mass is 35.5. The lowest BCUT2D eigenvalue weighted by Crippen LogP contribution is -2.38. The molecule has 0 aromatic heterocycles. The summed E-state index contributed by atoms with van der Waals surface area (Å²) in [5.41, 5.74) is 1.78. The third-order valence-electron chi connectivity index (χ3n) is 4.55. The fourth-order valence-electron chi connectivity index (χ4n) is 2.91. The molecule has 28 heavy (non-hydrogen) atoms. The van der Waals surface area contributed by atoms with E-state index in [2.05, 4.69) is 5.32 Å². The minimum Gasteiger partial charge on any atom is -0.497 e. The number of carbonyl (C=O) groups excluding carboxylic acids is 2. The summed E-state index contributed by atoms with van der Waals surface area (Å²) in [6.45, 7) is 2.10. The van der Waals surface area contributed by atoms with E-state index in [9.17, 15) is 9.59 Å². The molecule has 0 saturated heterocycles. The van der Waals surface area contributed by atoms with Crippen molar-refractivity contribution >= 4 is 23.5 Å². The number of benzene rings is 2. The van der Waals surface area contributed by atoms with Crippen molar-refractivity contribution in [2.75, 3.05) is 13.7 Å². The molecule has 1 aliphatic heterocycles. The van der Waals surface area contributed by atoms with Crippen molar-refractivity contribution in [3.63, 3.8) is 0 Å². The zero-order valence-electron chi connectivity index (χ0n) is 15.7. The van der Waals surface area contributed by atoms with E-state index in [1.165, 1.54) is 0 Å². The van der Waals surface area contributed by atoms with E-state index < -0.39 is 18.0 Å². The van der Waals surface area contributed by atoms with Gasteiger partial charge in [0.1, 0.15) is 18.1 Å². The lowest BCUT2D eigenvalue weighted by atomic mass is 9.97. The Morgan fingerprint density at radius 2 is 2.00 bits per heavy atom. The summed E-state index contributed by atoms with van der Waals surface area (Å²) in [6.07, 6.45) is -0.430. The van der Waals surface area contributed by atoms with Crippen LogP contribution in [0.4, 0.5) is 0 Å². The summed E-state index contributed by atoms with van der Waals surface area (Å²) in [4.78, 5) is 24.7. The molecular weight excluding hydrogens is 382 g/mol. The molecule has 148 valence electrons. The minimum absolute atomic E-state index is 0.216. The van der Waals surface area contributed by atoms with Crippen molar-refractivity contribution in [3.8, 4) is 11.5 Å². The standard InChI is InChI=1S/C21H22ClNO5/c1-13(20(24)23-11-14-3-6-18(26-2)7-4-14)28-21(25)16-9-15-10-17(22)5-8-19(15)27-12-16/h3-8,10,13,16H,9,11-12H2,1-2H3,(H,23,24)/t13-,16+/m0/s1. The number of ether oxygens (including phenoxy) is 3. The number of amides is 1. The van der Waals surface area contributed by atoms with Crippen LogP contribution in [0.25, 0.3) is 0 Å². The summed E-state index contributed by atoms with van der Waals surface area (Å²) in [6, 6.07) is 12.7. The van der Waals surface area contributed by atoms with Crippen LogP contribution in [0.5, 0.6) is 11.5 Å². The van der Waals surface area contributed by atoms with E-state index in [4.69, 9.17) is 25.8 Å². The van der Waals surface area contributed by atoms with E-state index in [0.717, 1.165) is 22.6 Å². The van der Waals surface area contributed by atoms with Crippen molar-refractivity contribution in [3.05, 3.63) is 58.6 Å². The first kappa shape index (κ1) is 20.0. The van der Waals surface area contributed by atoms with Gasteiger partial charge in [-0.2, -0.15) is 0 Å². The molecule has 1 heterocycles. The maximum absolute atomic E-state index is 12.4. The van der Waals surface area contributed by atoms with Crippen LogP contribution in [0.2, 0.25) is 5.02 Å². The molecule has 0 aliphatic carbocycles. The second-order valence-electron chi connectivity index (χ2n) is 6.61. The predicted molar refractivity (Wildman–Crippen MR) is 105 cm³/mol. The van der Waals surface area contributed by atoms with Gasteiger partial charge in [-0.3, -0.25) is 9.59 Å². The summed E-state index contributed by atoms with van der Waals surface area (Å²) in [5.74, 6) is 0.179. The van der Waals surface area contributed by atoms with E-state index in [0.29, 0.717) is 18.0 Å². The maximum atomic E-state index is 12.4. The normalized spacial score (nSPS) is 16.3. The summed E-state index contributed by atoms with van der Waals surface area (Å²) in [7, 11) is 1.59. The second-order valence-corrected chi connectivity index (χ2v) is 7.05. The Morgan fingerprint density at radius 1 is 1.25 bits per heavy atom. The molecule has 2 aromatic rings. The number of rotatable bonds is 6. The van der Waals surface area contributed by atoms with Crippen molar-refractivity contribution in [1.82, 2.24) is 5.32 Å². The molecule has 3 rings (SSSR count). The minimum atomic E-state index is -0.897. The molecular formula is C21H22ClNO5. The van der Waals surface area contributed by atoms with Crippen LogP contribution in [-0.4, -0.2) is 31.7 Å². The fourth-order valence-corrected chi connectivity index (χ4v) is 3.11. The molecule has 0 bridgehead atoms. The number of methoxy groups -OCH3 is 1. The lowest BCUT2D eigenvalue weighted by Gasteiger charge is -2.25. The van der Waals surface area contributed by atoms with Gasteiger partial charge in [-0.1, -0.05) is 23.7 Å². The molecule has 7 heteroatoms. The average Bonchev–Trinajstić information content (AvgIpc) is 2.71. The van der Waals surface area contributed by atoms with E-state index in [-0.39, 0.29) is 12.5 Å². The van der Waals surface area contributed by atoms with Gasteiger partial charge in [0.2, 0.25) is 0 Å². The zero-order chi connectivity index (χ0) is 20.1. The molecule has 1 aliphatic rings. The number of esters is 1. The molecule has 1 amide bonds. The lowest BCUT2D eigenvalue weighted by molar-refractivity contribution is -0.160. The second kappa shape index (κ2) is 8.97. The van der Waals surface area contributed by atoms with Gasteiger partial charge in [0.15, 0.2) is 6.10 Å². The number of nitrogens with one attached hydrogen (secondary N) is 1. The van der Waals surface area contributed by atoms with Crippen LogP contribution in [0.1, 0.15) is 18.1 Å². The van der Waals surface area contributed by atoms with Gasteiger partial charge in [-0.25, -0.2) is 0 Å². The summed E-state index contributed by atoms with van der Waals surface area (Å²) < 4.78 is 16.0. The topological polar surface area (TPSA) is 73.9 Å². The number of hydrogen-bond acceptors (Lipinski definition) is 5. The smallest absolute Gasteiger partial charge is 0.313 e. The van der Waals surface area contributed by atoms with Crippen LogP contribution in [0, 0.1) is 5.92 Å². The molecule has 0 saturated carbocycles. The Labute approximate surface area is 168 Å². The molecule has 2 aromatic carbocycles. The highest BCUT2D eigenvalue weighted by Crippen LogP contribution is 2.30. The van der Waals surface area contributed by atoms with Crippen LogP contribution in [0.3, 0.4) is 0 Å². The van der Waals surface area contributed by atoms with Gasteiger partial charge >= 0.3 is 5.97 Å². The van der Waals surface area contributed by atoms with Gasteiger partial charge in [0.25, 0.3) is 5.91 Å². The summed E-state index contributed by atoms with van der Waals surface area (Å²) in [5, 5.41) is 3.35. The van der Waals surface area contributed by atoms with Crippen molar-refractivity contribution in [1.29, 1.82) is 0 Å². The molecule has 0 radical (unpaired) electrons. The third-order valence-corrected chi connectivity index (χ3v) is 4.79. The Bertz CT molecular complexity index is 852. The number of halogens is 1. The third kappa shape index (κ3) is 4.95. The number of fused-ring (bicyclic) bond motifs is 1. The largest absolute Gasteiger partial charge is 0.497 e. The number of hydrogen-bond donors (Lipinski definition) is 1. The first-order valence-corrected chi connectivity index (χ1v) is 9.36. The van der Waals surface area contributed by atoms with Crippen molar-refractivity contribution in [2.45, 2.75) is 26.0 Å². The number of carbonyl (C=O) groups is 2. The van der Waals surface area contributed by atoms with E-state index >= 15 is 0 Å². The van der Waals surface area contributed by atoms with Crippen LogP contribution >= 0.6 is 11.6 Å². The maximum Gasteiger partial charge on any atom is 0.313 e. The molecule has 6 nitrogen and oxygen atoms in total. The quantitative estimate of drug-likeness (QED) is 0.750. The predicted octanol–water partition coefficient (Wildman–Crippen LogP) is 3.15. The highest BCUT2D eigenvalue weighted by Gasteiger charge is 2.30. The van der Waals surface area contributed by atoms with Crippen LogP contribution < -0.4 is 14.8 Å². The van der Waals surface area contributed by atoms with E-state index in [1.807, 2.05) is 24.3 Å². The Hall–Kier alpha value is -2.73. The molecule has 1 N–H and O–H groups in total. The monoisotopic (exact) mass is 403 g/mol. The van der Waals surface area contributed by atoms with Gasteiger partial charge < -0.3 is 19.5 Å². The highest BCUT2D eigenvalue weighted by molar-refractivity contribution is 6.30. The van der Waals surface area contributed by atoms with Crippen molar-refractivity contribution < 1.29 is 23.8 Å². The summed E-state index contributed by atoms with van der Waals surface area (Å²) >= 11 is 6.00. The first-order chi connectivity index (χ1) is 13.5. The molecule has 0 fully saturated rings. The van der Waals surface area contributed by atoms with Gasteiger partial charge in [-0.15, -0.1) is 0 Å². The zero-order valence-corrected chi connectivity index (χ0v) is 16.5. The van der Waals surface area contributed by atoms with Gasteiger partial charge in [0.05, 0.1) is 13.0 Å². The van der Waals surface area contributed by atoms with E-state index in [1.54, 1.807) is 32.2 Å². The fraction of sp³-hybridized carbons (Fsp3) is 0.333. The Morgan fingerprint density at radius 3 is 2.71 bits per heavy atom.